The minimum Gasteiger partial charge on any atom is -0.301 e. The molecule has 1 saturated heterocycles. The highest BCUT2D eigenvalue weighted by atomic mass is 79.9. The summed E-state index contributed by atoms with van der Waals surface area (Å²) in [5.74, 6) is 0.711. The lowest BCUT2D eigenvalue weighted by Gasteiger charge is -2.49. The van der Waals surface area contributed by atoms with Crippen LogP contribution in [0.5, 0.6) is 0 Å². The van der Waals surface area contributed by atoms with Crippen molar-refractivity contribution in [2.24, 2.45) is 0 Å². The van der Waals surface area contributed by atoms with Gasteiger partial charge in [-0.3, -0.25) is 4.90 Å². The van der Waals surface area contributed by atoms with E-state index in [0.29, 0.717) is 24.0 Å². The fourth-order valence-electron chi connectivity index (χ4n) is 5.11. The molecule has 0 bridgehead atoms. The van der Waals surface area contributed by atoms with Gasteiger partial charge in [0, 0.05) is 29.1 Å². The SMILES string of the molecule is Cc1ccc(C2CC(N(Cc3ccc(Br)c(Cl)c3)C3CCN(C(C)C)CC3)C2)cc1. The molecule has 0 spiro atoms. The molecule has 0 aromatic heterocycles. The molecule has 0 N–H and O–H groups in total. The molecule has 162 valence electrons. The Morgan fingerprint density at radius 3 is 2.30 bits per heavy atom. The summed E-state index contributed by atoms with van der Waals surface area (Å²) in [6.45, 7) is 10.2. The van der Waals surface area contributed by atoms with E-state index in [1.807, 2.05) is 0 Å². The van der Waals surface area contributed by atoms with E-state index in [-0.39, 0.29) is 0 Å². The smallest absolute Gasteiger partial charge is 0.0551 e. The van der Waals surface area contributed by atoms with Crippen LogP contribution in [0.25, 0.3) is 0 Å². The molecule has 1 aliphatic heterocycles. The van der Waals surface area contributed by atoms with E-state index in [2.05, 4.69) is 89.0 Å². The van der Waals surface area contributed by atoms with Gasteiger partial charge in [-0.25, -0.2) is 0 Å². The van der Waals surface area contributed by atoms with E-state index in [0.717, 1.165) is 16.0 Å². The molecule has 2 aromatic rings. The predicted molar refractivity (Wildman–Crippen MR) is 131 cm³/mol. The summed E-state index contributed by atoms with van der Waals surface area (Å²) in [5, 5.41) is 0.813. The van der Waals surface area contributed by atoms with E-state index in [1.54, 1.807) is 0 Å². The molecule has 0 unspecified atom stereocenters. The number of likely N-dealkylation sites (tertiary alicyclic amines) is 1. The number of hydrogen-bond acceptors (Lipinski definition) is 2. The van der Waals surface area contributed by atoms with E-state index in [1.165, 1.54) is 55.5 Å². The maximum Gasteiger partial charge on any atom is 0.0551 e. The maximum atomic E-state index is 6.41. The lowest BCUT2D eigenvalue weighted by atomic mass is 9.74. The van der Waals surface area contributed by atoms with Crippen LogP contribution < -0.4 is 0 Å². The zero-order chi connectivity index (χ0) is 21.3. The third kappa shape index (κ3) is 5.12. The molecule has 4 rings (SSSR count). The summed E-state index contributed by atoms with van der Waals surface area (Å²) in [6, 6.07) is 17.6. The molecule has 2 aromatic carbocycles. The van der Waals surface area contributed by atoms with Crippen LogP contribution in [-0.2, 0) is 6.54 Å². The molecule has 1 aliphatic carbocycles. The molecular formula is C26H34BrClN2. The number of aryl methyl sites for hydroxylation is 1. The van der Waals surface area contributed by atoms with E-state index in [4.69, 9.17) is 11.6 Å². The molecule has 0 amide bonds. The molecule has 2 nitrogen and oxygen atoms in total. The highest BCUT2D eigenvalue weighted by Crippen LogP contribution is 2.42. The van der Waals surface area contributed by atoms with Crippen LogP contribution >= 0.6 is 27.5 Å². The third-order valence-corrected chi connectivity index (χ3v) is 8.41. The Balaban J connectivity index is 1.46. The summed E-state index contributed by atoms with van der Waals surface area (Å²) < 4.78 is 0.979. The van der Waals surface area contributed by atoms with Crippen LogP contribution in [-0.4, -0.2) is 41.0 Å². The Hall–Kier alpha value is -0.870. The van der Waals surface area contributed by atoms with Gasteiger partial charge in [0.25, 0.3) is 0 Å². The van der Waals surface area contributed by atoms with Gasteiger partial charge in [0.15, 0.2) is 0 Å². The first-order valence-electron chi connectivity index (χ1n) is 11.4. The predicted octanol–water partition coefficient (Wildman–Crippen LogP) is 7.03. The lowest BCUT2D eigenvalue weighted by Crippen LogP contribution is -2.53. The molecule has 2 fully saturated rings. The van der Waals surface area contributed by atoms with Crippen molar-refractivity contribution >= 4 is 27.5 Å². The van der Waals surface area contributed by atoms with E-state index in [9.17, 15) is 0 Å². The minimum atomic E-state index is 0.652. The topological polar surface area (TPSA) is 6.48 Å². The number of hydrogen-bond donors (Lipinski definition) is 0. The second-order valence-corrected chi connectivity index (χ2v) is 10.8. The first-order chi connectivity index (χ1) is 14.4. The standard InChI is InChI=1S/C26H34BrClN2/c1-18(2)29-12-10-23(11-13-29)30(17-20-6-9-25(27)26(28)14-20)24-15-22(16-24)21-7-4-19(3)5-8-21/h4-9,14,18,22-24H,10-13,15-17H2,1-3H3. The van der Waals surface area contributed by atoms with Crippen molar-refractivity contribution in [2.45, 2.75) is 77.0 Å². The number of nitrogens with zero attached hydrogens (tertiary/aromatic N) is 2. The van der Waals surface area contributed by atoms with Gasteiger partial charge in [-0.05, 0) is 105 Å². The average Bonchev–Trinajstić information content (AvgIpc) is 2.70. The van der Waals surface area contributed by atoms with Crippen molar-refractivity contribution in [2.75, 3.05) is 13.1 Å². The molecule has 30 heavy (non-hydrogen) atoms. The van der Waals surface area contributed by atoms with Crippen molar-refractivity contribution in [1.29, 1.82) is 0 Å². The van der Waals surface area contributed by atoms with Gasteiger partial charge in [0.2, 0.25) is 0 Å². The largest absolute Gasteiger partial charge is 0.301 e. The normalized spacial score (nSPS) is 23.2. The van der Waals surface area contributed by atoms with Crippen LogP contribution in [0.4, 0.5) is 0 Å². The van der Waals surface area contributed by atoms with Gasteiger partial charge < -0.3 is 4.90 Å². The summed E-state index contributed by atoms with van der Waals surface area (Å²) in [5.41, 5.74) is 4.19. The van der Waals surface area contributed by atoms with Gasteiger partial charge >= 0.3 is 0 Å². The van der Waals surface area contributed by atoms with Crippen molar-refractivity contribution < 1.29 is 0 Å². The zero-order valence-corrected chi connectivity index (χ0v) is 20.8. The molecule has 2 aliphatic rings. The number of piperidine rings is 1. The summed E-state index contributed by atoms with van der Waals surface area (Å²) in [4.78, 5) is 5.43. The minimum absolute atomic E-state index is 0.652. The van der Waals surface area contributed by atoms with Crippen LogP contribution in [0.3, 0.4) is 0 Å². The van der Waals surface area contributed by atoms with Crippen LogP contribution in [0.2, 0.25) is 5.02 Å². The van der Waals surface area contributed by atoms with Crippen LogP contribution in [0.1, 0.15) is 62.1 Å². The van der Waals surface area contributed by atoms with Gasteiger partial charge in [-0.15, -0.1) is 0 Å². The molecule has 1 saturated carbocycles. The fraction of sp³-hybridized carbons (Fsp3) is 0.538. The summed E-state index contributed by atoms with van der Waals surface area (Å²) in [7, 11) is 0. The van der Waals surface area contributed by atoms with Gasteiger partial charge in [0.1, 0.15) is 0 Å². The summed E-state index contributed by atoms with van der Waals surface area (Å²) in [6.07, 6.45) is 5.09. The Labute approximate surface area is 195 Å². The quantitative estimate of drug-likeness (QED) is 0.429. The maximum absolute atomic E-state index is 6.41. The highest BCUT2D eigenvalue weighted by Gasteiger charge is 2.38. The Morgan fingerprint density at radius 1 is 1.03 bits per heavy atom. The van der Waals surface area contributed by atoms with Crippen LogP contribution in [0, 0.1) is 6.92 Å². The zero-order valence-electron chi connectivity index (χ0n) is 18.5. The molecule has 1 heterocycles. The number of rotatable bonds is 6. The Morgan fingerprint density at radius 2 is 1.70 bits per heavy atom. The molecular weight excluding hydrogens is 456 g/mol. The number of benzene rings is 2. The van der Waals surface area contributed by atoms with Crippen molar-refractivity contribution in [3.05, 3.63) is 68.7 Å². The fourth-order valence-corrected chi connectivity index (χ4v) is 5.56. The first-order valence-corrected chi connectivity index (χ1v) is 12.6. The lowest BCUT2D eigenvalue weighted by molar-refractivity contribution is 0.0195. The van der Waals surface area contributed by atoms with Crippen molar-refractivity contribution in [3.8, 4) is 0 Å². The Kier molecular flexibility index (Phi) is 7.24. The van der Waals surface area contributed by atoms with E-state index < -0.39 is 0 Å². The van der Waals surface area contributed by atoms with Gasteiger partial charge in [-0.2, -0.15) is 0 Å². The first kappa shape index (κ1) is 22.3. The van der Waals surface area contributed by atoms with Crippen molar-refractivity contribution in [1.82, 2.24) is 9.80 Å². The van der Waals surface area contributed by atoms with Gasteiger partial charge in [0.05, 0.1) is 5.02 Å². The average molecular weight is 490 g/mol. The van der Waals surface area contributed by atoms with Crippen LogP contribution in [0.15, 0.2) is 46.9 Å². The number of halogens is 2. The third-order valence-electron chi connectivity index (χ3n) is 7.18. The molecule has 4 heteroatoms. The monoisotopic (exact) mass is 488 g/mol. The van der Waals surface area contributed by atoms with Crippen molar-refractivity contribution in [3.63, 3.8) is 0 Å². The second-order valence-electron chi connectivity index (χ2n) is 9.51. The summed E-state index contributed by atoms with van der Waals surface area (Å²) >= 11 is 9.94. The molecule has 0 radical (unpaired) electrons. The highest BCUT2D eigenvalue weighted by molar-refractivity contribution is 9.10. The Bertz CT molecular complexity index is 837. The van der Waals surface area contributed by atoms with E-state index >= 15 is 0 Å². The second kappa shape index (κ2) is 9.73. The van der Waals surface area contributed by atoms with Gasteiger partial charge in [-0.1, -0.05) is 47.5 Å². The molecule has 0 atom stereocenters.